The maximum Gasteiger partial charge on any atom is 0.241 e. The van der Waals surface area contributed by atoms with Gasteiger partial charge in [-0.1, -0.05) is 30.3 Å². The molecule has 1 heterocycles. The van der Waals surface area contributed by atoms with Crippen LogP contribution in [0.5, 0.6) is 11.5 Å². The highest BCUT2D eigenvalue weighted by atomic mass is 32.2. The molecule has 2 aromatic rings. The normalized spacial score (nSPS) is 16.0. The van der Waals surface area contributed by atoms with Crippen molar-refractivity contribution in [3.63, 3.8) is 0 Å². The van der Waals surface area contributed by atoms with Crippen molar-refractivity contribution in [2.45, 2.75) is 37.1 Å². The Bertz CT molecular complexity index is 986. The number of ether oxygens (including phenoxy) is 2. The lowest BCUT2D eigenvalue weighted by atomic mass is 9.90. The molecule has 0 saturated carbocycles. The van der Waals surface area contributed by atoms with Gasteiger partial charge in [0.25, 0.3) is 0 Å². The van der Waals surface area contributed by atoms with Gasteiger partial charge < -0.3 is 14.4 Å². The van der Waals surface area contributed by atoms with Gasteiger partial charge in [0.15, 0.2) is 11.5 Å². The molecule has 0 aliphatic carbocycles. The highest BCUT2D eigenvalue weighted by molar-refractivity contribution is 7.89. The van der Waals surface area contributed by atoms with Gasteiger partial charge in [-0.3, -0.25) is 4.79 Å². The van der Waals surface area contributed by atoms with E-state index in [4.69, 9.17) is 9.47 Å². The van der Waals surface area contributed by atoms with Gasteiger partial charge in [-0.2, -0.15) is 4.72 Å². The number of hydrogen-bond acceptors (Lipinski definition) is 5. The van der Waals surface area contributed by atoms with E-state index in [1.54, 1.807) is 11.8 Å². The van der Waals surface area contributed by atoms with Crippen molar-refractivity contribution in [3.05, 3.63) is 54.1 Å². The molecule has 168 valence electrons. The van der Waals surface area contributed by atoms with E-state index >= 15 is 0 Å². The van der Waals surface area contributed by atoms with Crippen molar-refractivity contribution in [2.75, 3.05) is 27.3 Å². The van der Waals surface area contributed by atoms with E-state index in [9.17, 15) is 13.2 Å². The zero-order valence-electron chi connectivity index (χ0n) is 18.2. The van der Waals surface area contributed by atoms with Gasteiger partial charge in [0, 0.05) is 19.2 Å². The summed E-state index contributed by atoms with van der Waals surface area (Å²) in [5, 5.41) is 0. The molecule has 1 N–H and O–H groups in total. The predicted molar refractivity (Wildman–Crippen MR) is 119 cm³/mol. The number of carbonyl (C=O) groups excluding carboxylic acids is 1. The van der Waals surface area contributed by atoms with Gasteiger partial charge in [-0.15, -0.1) is 0 Å². The van der Waals surface area contributed by atoms with Crippen molar-refractivity contribution in [2.24, 2.45) is 5.92 Å². The lowest BCUT2D eigenvalue weighted by molar-refractivity contribution is -0.133. The summed E-state index contributed by atoms with van der Waals surface area (Å²) in [4.78, 5) is 14.6. The van der Waals surface area contributed by atoms with E-state index in [0.717, 1.165) is 19.3 Å². The second-order valence-electron chi connectivity index (χ2n) is 7.82. The number of methoxy groups -OCH3 is 2. The van der Waals surface area contributed by atoms with Gasteiger partial charge in [0.1, 0.15) is 0 Å². The van der Waals surface area contributed by atoms with Gasteiger partial charge in [-0.05, 0) is 49.8 Å². The molecule has 2 aromatic carbocycles. The molecule has 1 amide bonds. The zero-order chi connectivity index (χ0) is 22.4. The fourth-order valence-electron chi connectivity index (χ4n) is 3.91. The van der Waals surface area contributed by atoms with Crippen LogP contribution in [0.2, 0.25) is 0 Å². The molecule has 0 radical (unpaired) electrons. The highest BCUT2D eigenvalue weighted by Gasteiger charge is 2.29. The number of nitrogens with one attached hydrogen (secondary N) is 1. The van der Waals surface area contributed by atoms with E-state index in [0.29, 0.717) is 30.5 Å². The van der Waals surface area contributed by atoms with E-state index in [2.05, 4.69) is 16.9 Å². The first-order valence-electron chi connectivity index (χ1n) is 10.4. The van der Waals surface area contributed by atoms with Gasteiger partial charge in [0.2, 0.25) is 15.9 Å². The van der Waals surface area contributed by atoms with Gasteiger partial charge in [-0.25, -0.2) is 8.42 Å². The van der Waals surface area contributed by atoms with Crippen molar-refractivity contribution in [3.8, 4) is 11.5 Å². The Labute approximate surface area is 184 Å². The number of benzene rings is 2. The Kier molecular flexibility index (Phi) is 7.56. The Morgan fingerprint density at radius 1 is 1.06 bits per heavy atom. The number of likely N-dealkylation sites (tertiary alicyclic amines) is 1. The first kappa shape index (κ1) is 23.1. The lowest BCUT2D eigenvalue weighted by Gasteiger charge is -2.33. The number of nitrogens with zero attached hydrogens (tertiary/aromatic N) is 1. The molecule has 1 atom stereocenters. The minimum Gasteiger partial charge on any atom is -0.493 e. The maximum absolute atomic E-state index is 12.8. The summed E-state index contributed by atoms with van der Waals surface area (Å²) in [6, 6.07) is 13.8. The van der Waals surface area contributed by atoms with Crippen molar-refractivity contribution >= 4 is 15.9 Å². The second kappa shape index (κ2) is 10.2. The number of amides is 1. The number of sulfonamides is 1. The minimum atomic E-state index is -3.89. The summed E-state index contributed by atoms with van der Waals surface area (Å²) in [6.07, 6.45) is 2.83. The Hall–Kier alpha value is -2.58. The van der Waals surface area contributed by atoms with Crippen LogP contribution in [-0.2, 0) is 21.2 Å². The molecule has 0 spiro atoms. The molecule has 0 unspecified atom stereocenters. The second-order valence-corrected chi connectivity index (χ2v) is 9.53. The largest absolute Gasteiger partial charge is 0.493 e. The molecule has 31 heavy (non-hydrogen) atoms. The first-order chi connectivity index (χ1) is 14.8. The average molecular weight is 447 g/mol. The number of rotatable bonds is 8. The molecule has 7 nitrogen and oxygen atoms in total. The van der Waals surface area contributed by atoms with Crippen LogP contribution in [0, 0.1) is 5.92 Å². The van der Waals surface area contributed by atoms with Crippen molar-refractivity contribution < 1.29 is 22.7 Å². The molecule has 1 aliphatic rings. The van der Waals surface area contributed by atoms with Gasteiger partial charge in [0.05, 0.1) is 25.2 Å². The van der Waals surface area contributed by atoms with Crippen LogP contribution in [-0.4, -0.2) is 52.6 Å². The summed E-state index contributed by atoms with van der Waals surface area (Å²) >= 11 is 0. The lowest BCUT2D eigenvalue weighted by Crippen LogP contribution is -2.49. The summed E-state index contributed by atoms with van der Waals surface area (Å²) in [6.45, 7) is 2.86. The van der Waals surface area contributed by atoms with Crippen LogP contribution in [0.25, 0.3) is 0 Å². The summed E-state index contributed by atoms with van der Waals surface area (Å²) in [5.74, 6) is 1.07. The smallest absolute Gasteiger partial charge is 0.241 e. The Morgan fingerprint density at radius 2 is 1.71 bits per heavy atom. The fourth-order valence-corrected chi connectivity index (χ4v) is 5.13. The molecule has 0 bridgehead atoms. The fraction of sp³-hybridized carbons (Fsp3) is 0.435. The molecule has 1 aliphatic heterocycles. The van der Waals surface area contributed by atoms with Gasteiger partial charge >= 0.3 is 0 Å². The molecular weight excluding hydrogens is 416 g/mol. The van der Waals surface area contributed by atoms with E-state index in [1.807, 2.05) is 18.2 Å². The van der Waals surface area contributed by atoms with Crippen molar-refractivity contribution in [1.29, 1.82) is 0 Å². The van der Waals surface area contributed by atoms with E-state index in [-0.39, 0.29) is 10.8 Å². The van der Waals surface area contributed by atoms with E-state index in [1.165, 1.54) is 38.0 Å². The Morgan fingerprint density at radius 3 is 2.32 bits per heavy atom. The SMILES string of the molecule is COc1ccc(S(=O)(=O)N[C@H](C)C(=O)N2CCC(Cc3ccccc3)CC2)cc1OC. The molecular formula is C23H30N2O5S. The van der Waals surface area contributed by atoms with Crippen LogP contribution in [0.15, 0.2) is 53.4 Å². The van der Waals surface area contributed by atoms with Crippen LogP contribution in [0.1, 0.15) is 25.3 Å². The third kappa shape index (κ3) is 5.77. The summed E-state index contributed by atoms with van der Waals surface area (Å²) < 4.78 is 38.4. The third-order valence-corrected chi connectivity index (χ3v) is 7.20. The third-order valence-electron chi connectivity index (χ3n) is 5.66. The maximum atomic E-state index is 12.8. The number of carbonyl (C=O) groups is 1. The topological polar surface area (TPSA) is 84.9 Å². The Balaban J connectivity index is 1.58. The first-order valence-corrected chi connectivity index (χ1v) is 11.9. The van der Waals surface area contributed by atoms with Crippen LogP contribution < -0.4 is 14.2 Å². The van der Waals surface area contributed by atoms with Crippen molar-refractivity contribution in [1.82, 2.24) is 9.62 Å². The monoisotopic (exact) mass is 446 g/mol. The summed E-state index contributed by atoms with van der Waals surface area (Å²) in [7, 11) is -0.965. The van der Waals surface area contributed by atoms with Crippen LogP contribution in [0.3, 0.4) is 0 Å². The highest BCUT2D eigenvalue weighted by Crippen LogP contribution is 2.29. The standard InChI is InChI=1S/C23H30N2O5S/c1-17(24-31(27,28)20-9-10-21(29-2)22(16-20)30-3)23(26)25-13-11-19(12-14-25)15-18-7-5-4-6-8-18/h4-10,16-17,19,24H,11-15H2,1-3H3/t17-/m1/s1. The molecule has 1 saturated heterocycles. The molecule has 0 aromatic heterocycles. The molecule has 1 fully saturated rings. The zero-order valence-corrected chi connectivity index (χ0v) is 19.0. The molecule has 8 heteroatoms. The minimum absolute atomic E-state index is 0.0198. The predicted octanol–water partition coefficient (Wildman–Crippen LogP) is 2.85. The van der Waals surface area contributed by atoms with Crippen LogP contribution in [0.4, 0.5) is 0 Å². The quantitative estimate of drug-likeness (QED) is 0.674. The van der Waals surface area contributed by atoms with Crippen LogP contribution >= 0.6 is 0 Å². The number of piperidine rings is 1. The average Bonchev–Trinajstić information content (AvgIpc) is 2.79. The summed E-state index contributed by atoms with van der Waals surface area (Å²) in [5.41, 5.74) is 1.31. The number of hydrogen-bond donors (Lipinski definition) is 1. The molecule has 3 rings (SSSR count). The van der Waals surface area contributed by atoms with E-state index < -0.39 is 16.1 Å².